The van der Waals surface area contributed by atoms with Crippen molar-refractivity contribution in [3.8, 4) is 22.8 Å². The Morgan fingerprint density at radius 2 is 2.00 bits per heavy atom. The Balaban J connectivity index is 2.02. The molecular formula is C15H12FN3O. The lowest BCUT2D eigenvalue weighted by Gasteiger charge is -1.98. The van der Waals surface area contributed by atoms with E-state index < -0.39 is 5.82 Å². The Morgan fingerprint density at radius 1 is 1.15 bits per heavy atom. The molecule has 0 radical (unpaired) electrons. The molecule has 0 saturated carbocycles. The largest absolute Gasteiger partial charge is 0.399 e. The van der Waals surface area contributed by atoms with Crippen molar-refractivity contribution in [2.45, 2.75) is 6.92 Å². The molecule has 0 aliphatic rings. The number of rotatable bonds is 2. The minimum absolute atomic E-state index is 0.138. The summed E-state index contributed by atoms with van der Waals surface area (Å²) < 4.78 is 18.9. The first-order chi connectivity index (χ1) is 9.63. The van der Waals surface area contributed by atoms with Crippen molar-refractivity contribution >= 4 is 5.69 Å². The van der Waals surface area contributed by atoms with E-state index >= 15 is 0 Å². The van der Waals surface area contributed by atoms with Crippen molar-refractivity contribution in [3.05, 3.63) is 53.8 Å². The summed E-state index contributed by atoms with van der Waals surface area (Å²) in [6.07, 6.45) is 0. The number of hydrogen-bond acceptors (Lipinski definition) is 4. The molecule has 0 bridgehead atoms. The number of anilines is 1. The standard InChI is InChI=1S/C15H12FN3O/c1-9-3-2-4-10(7-9)14-18-15(20-19-14)12-6-5-11(17)8-13(12)16/h2-8H,17H2,1H3. The maximum atomic E-state index is 13.8. The average Bonchev–Trinajstić information content (AvgIpc) is 2.88. The quantitative estimate of drug-likeness (QED) is 0.724. The lowest BCUT2D eigenvalue weighted by atomic mass is 10.1. The van der Waals surface area contributed by atoms with Gasteiger partial charge in [0.25, 0.3) is 5.89 Å². The molecule has 4 nitrogen and oxygen atoms in total. The molecule has 0 fully saturated rings. The van der Waals surface area contributed by atoms with E-state index in [0.717, 1.165) is 11.1 Å². The second kappa shape index (κ2) is 4.77. The van der Waals surface area contributed by atoms with Gasteiger partial charge in [0.15, 0.2) is 0 Å². The van der Waals surface area contributed by atoms with Gasteiger partial charge in [0.2, 0.25) is 5.82 Å². The fraction of sp³-hybridized carbons (Fsp3) is 0.0667. The molecule has 0 aliphatic heterocycles. The van der Waals surface area contributed by atoms with Gasteiger partial charge in [-0.3, -0.25) is 0 Å². The van der Waals surface area contributed by atoms with Crippen LogP contribution in [-0.4, -0.2) is 10.1 Å². The van der Waals surface area contributed by atoms with Gasteiger partial charge >= 0.3 is 0 Å². The highest BCUT2D eigenvalue weighted by molar-refractivity contribution is 5.62. The highest BCUT2D eigenvalue weighted by Crippen LogP contribution is 2.25. The van der Waals surface area contributed by atoms with E-state index in [1.54, 1.807) is 6.07 Å². The maximum absolute atomic E-state index is 13.8. The Kier molecular flexibility index (Phi) is 2.95. The monoisotopic (exact) mass is 269 g/mol. The molecular weight excluding hydrogens is 257 g/mol. The third-order valence-corrected chi connectivity index (χ3v) is 2.93. The Hall–Kier alpha value is -2.69. The van der Waals surface area contributed by atoms with Crippen molar-refractivity contribution < 1.29 is 8.91 Å². The van der Waals surface area contributed by atoms with Crippen LogP contribution >= 0.6 is 0 Å². The molecule has 0 unspecified atom stereocenters. The average molecular weight is 269 g/mol. The van der Waals surface area contributed by atoms with Gasteiger partial charge in [-0.2, -0.15) is 4.98 Å². The summed E-state index contributed by atoms with van der Waals surface area (Å²) >= 11 is 0. The summed E-state index contributed by atoms with van der Waals surface area (Å²) in [7, 11) is 0. The van der Waals surface area contributed by atoms with Crippen LogP contribution in [0.5, 0.6) is 0 Å². The number of nitrogens with two attached hydrogens (primary N) is 1. The summed E-state index contributed by atoms with van der Waals surface area (Å²) in [6.45, 7) is 1.98. The Labute approximate surface area is 115 Å². The number of aromatic nitrogens is 2. The van der Waals surface area contributed by atoms with E-state index in [1.807, 2.05) is 31.2 Å². The van der Waals surface area contributed by atoms with E-state index in [1.165, 1.54) is 12.1 Å². The van der Waals surface area contributed by atoms with Crippen molar-refractivity contribution in [2.24, 2.45) is 0 Å². The molecule has 0 spiro atoms. The van der Waals surface area contributed by atoms with Gasteiger partial charge in [-0.15, -0.1) is 0 Å². The van der Waals surface area contributed by atoms with Crippen LogP contribution in [0.2, 0.25) is 0 Å². The highest BCUT2D eigenvalue weighted by Gasteiger charge is 2.14. The van der Waals surface area contributed by atoms with Crippen molar-refractivity contribution in [1.82, 2.24) is 10.1 Å². The first-order valence-corrected chi connectivity index (χ1v) is 6.09. The van der Waals surface area contributed by atoms with Gasteiger partial charge in [0.1, 0.15) is 5.82 Å². The van der Waals surface area contributed by atoms with E-state index in [0.29, 0.717) is 11.5 Å². The van der Waals surface area contributed by atoms with Gasteiger partial charge in [0, 0.05) is 11.3 Å². The lowest BCUT2D eigenvalue weighted by molar-refractivity contribution is 0.429. The predicted octanol–water partition coefficient (Wildman–Crippen LogP) is 3.43. The van der Waals surface area contributed by atoms with Crippen LogP contribution in [0.25, 0.3) is 22.8 Å². The third kappa shape index (κ3) is 2.25. The zero-order valence-corrected chi connectivity index (χ0v) is 10.8. The predicted molar refractivity (Wildman–Crippen MR) is 74.3 cm³/mol. The number of hydrogen-bond donors (Lipinski definition) is 1. The molecule has 3 aromatic rings. The molecule has 1 aromatic heterocycles. The number of halogens is 1. The summed E-state index contributed by atoms with van der Waals surface area (Å²) in [5.41, 5.74) is 8.02. The van der Waals surface area contributed by atoms with E-state index in [2.05, 4.69) is 10.1 Å². The fourth-order valence-electron chi connectivity index (χ4n) is 1.94. The summed E-state index contributed by atoms with van der Waals surface area (Å²) in [5, 5.41) is 3.88. The normalized spacial score (nSPS) is 10.7. The van der Waals surface area contributed by atoms with Gasteiger partial charge in [-0.05, 0) is 31.2 Å². The number of benzene rings is 2. The Bertz CT molecular complexity index is 767. The first-order valence-electron chi connectivity index (χ1n) is 6.09. The molecule has 0 saturated heterocycles. The summed E-state index contributed by atoms with van der Waals surface area (Å²) in [6, 6.07) is 12.0. The Morgan fingerprint density at radius 3 is 2.75 bits per heavy atom. The minimum atomic E-state index is -0.482. The molecule has 0 atom stereocenters. The van der Waals surface area contributed by atoms with E-state index in [-0.39, 0.29) is 11.5 Å². The molecule has 20 heavy (non-hydrogen) atoms. The molecule has 0 amide bonds. The van der Waals surface area contributed by atoms with Crippen molar-refractivity contribution in [2.75, 3.05) is 5.73 Å². The second-order valence-electron chi connectivity index (χ2n) is 4.53. The zero-order valence-electron chi connectivity index (χ0n) is 10.8. The summed E-state index contributed by atoms with van der Waals surface area (Å²) in [4.78, 5) is 4.22. The van der Waals surface area contributed by atoms with Crippen LogP contribution in [0, 0.1) is 12.7 Å². The molecule has 1 heterocycles. The third-order valence-electron chi connectivity index (χ3n) is 2.93. The van der Waals surface area contributed by atoms with Crippen LogP contribution in [0.1, 0.15) is 5.56 Å². The van der Waals surface area contributed by atoms with Gasteiger partial charge in [-0.1, -0.05) is 28.9 Å². The number of nitrogen functional groups attached to an aromatic ring is 1. The molecule has 2 N–H and O–H groups in total. The summed E-state index contributed by atoms with van der Waals surface area (Å²) in [5.74, 6) is 0.0865. The van der Waals surface area contributed by atoms with Crippen LogP contribution in [0.15, 0.2) is 47.0 Å². The maximum Gasteiger partial charge on any atom is 0.261 e. The fourth-order valence-corrected chi connectivity index (χ4v) is 1.94. The van der Waals surface area contributed by atoms with Crippen molar-refractivity contribution in [3.63, 3.8) is 0 Å². The van der Waals surface area contributed by atoms with Crippen LogP contribution in [0.4, 0.5) is 10.1 Å². The second-order valence-corrected chi connectivity index (χ2v) is 4.53. The van der Waals surface area contributed by atoms with Gasteiger partial charge in [0.05, 0.1) is 5.56 Å². The molecule has 2 aromatic carbocycles. The van der Waals surface area contributed by atoms with Crippen molar-refractivity contribution in [1.29, 1.82) is 0 Å². The molecule has 3 rings (SSSR count). The minimum Gasteiger partial charge on any atom is -0.399 e. The number of nitrogens with zero attached hydrogens (tertiary/aromatic N) is 2. The van der Waals surface area contributed by atoms with Gasteiger partial charge in [-0.25, -0.2) is 4.39 Å². The molecule has 100 valence electrons. The van der Waals surface area contributed by atoms with Crippen LogP contribution in [-0.2, 0) is 0 Å². The zero-order chi connectivity index (χ0) is 14.1. The topological polar surface area (TPSA) is 64.9 Å². The SMILES string of the molecule is Cc1cccc(-c2noc(-c3ccc(N)cc3F)n2)c1. The van der Waals surface area contributed by atoms with E-state index in [4.69, 9.17) is 10.3 Å². The van der Waals surface area contributed by atoms with E-state index in [9.17, 15) is 4.39 Å². The lowest BCUT2D eigenvalue weighted by Crippen LogP contribution is -1.89. The van der Waals surface area contributed by atoms with Gasteiger partial charge < -0.3 is 10.3 Å². The first kappa shape index (κ1) is 12.3. The smallest absolute Gasteiger partial charge is 0.261 e. The molecule has 5 heteroatoms. The molecule has 0 aliphatic carbocycles. The number of aryl methyl sites for hydroxylation is 1. The van der Waals surface area contributed by atoms with Crippen LogP contribution < -0.4 is 5.73 Å². The highest BCUT2D eigenvalue weighted by atomic mass is 19.1. The van der Waals surface area contributed by atoms with Crippen LogP contribution in [0.3, 0.4) is 0 Å².